The molecule has 0 spiro atoms. The molecule has 0 radical (unpaired) electrons. The lowest BCUT2D eigenvalue weighted by atomic mass is 9.82. The summed E-state index contributed by atoms with van der Waals surface area (Å²) in [5.74, 6) is -2.77. The van der Waals surface area contributed by atoms with Crippen LogP contribution < -0.4 is 16.0 Å². The van der Waals surface area contributed by atoms with Crippen LogP contribution in [0.15, 0.2) is 66.2 Å². The van der Waals surface area contributed by atoms with E-state index < -0.39 is 35.7 Å². The predicted octanol–water partition coefficient (Wildman–Crippen LogP) is 3.94. The fraction of sp³-hybridized carbons (Fsp3) is 0.333. The Balaban J connectivity index is 2.06. The van der Waals surface area contributed by atoms with Crippen LogP contribution in [0.3, 0.4) is 0 Å². The van der Waals surface area contributed by atoms with Gasteiger partial charge in [0.15, 0.2) is 0 Å². The van der Waals surface area contributed by atoms with Gasteiger partial charge in [-0.15, -0.1) is 6.58 Å². The largest absolute Gasteiger partial charge is 0.369 e. The lowest BCUT2D eigenvalue weighted by molar-refractivity contribution is -0.135. The first kappa shape index (κ1) is 26.2. The number of likely N-dealkylation sites (N-methyl/N-ethyl adjacent to an activating group) is 1. The molecule has 0 aromatic heterocycles. The van der Waals surface area contributed by atoms with E-state index >= 15 is 0 Å². The molecule has 184 valence electrons. The van der Waals surface area contributed by atoms with Crippen LogP contribution in [0.5, 0.6) is 0 Å². The SMILES string of the molecule is C=CC[C@H](C(N)=O)[C@@H](CC(C)C)C(=O)NC1N=C(c2ccccc2)c2cc(Cl)ccc2N(C)C1=O. The molecule has 35 heavy (non-hydrogen) atoms. The number of hydrogen-bond donors (Lipinski definition) is 2. The minimum Gasteiger partial charge on any atom is -0.369 e. The summed E-state index contributed by atoms with van der Waals surface area (Å²) >= 11 is 6.29. The number of carbonyl (C=O) groups is 3. The fourth-order valence-electron chi connectivity index (χ4n) is 4.33. The first-order valence-electron chi connectivity index (χ1n) is 11.5. The van der Waals surface area contributed by atoms with Crippen molar-refractivity contribution in [3.8, 4) is 0 Å². The third-order valence-corrected chi connectivity index (χ3v) is 6.29. The van der Waals surface area contributed by atoms with Crippen molar-refractivity contribution in [2.75, 3.05) is 11.9 Å². The van der Waals surface area contributed by atoms with E-state index in [0.29, 0.717) is 28.4 Å². The number of halogens is 1. The quantitative estimate of drug-likeness (QED) is 0.516. The number of aliphatic imine (C=N–C) groups is 1. The number of amides is 3. The maximum absolute atomic E-state index is 13.5. The van der Waals surface area contributed by atoms with Gasteiger partial charge < -0.3 is 16.0 Å². The van der Waals surface area contributed by atoms with Crippen molar-refractivity contribution in [3.63, 3.8) is 0 Å². The van der Waals surface area contributed by atoms with Gasteiger partial charge in [0.05, 0.1) is 23.2 Å². The minimum absolute atomic E-state index is 0.125. The molecule has 0 bridgehead atoms. The highest BCUT2D eigenvalue weighted by atomic mass is 35.5. The summed E-state index contributed by atoms with van der Waals surface area (Å²) in [7, 11) is 1.63. The Morgan fingerprint density at radius 2 is 1.89 bits per heavy atom. The van der Waals surface area contributed by atoms with Gasteiger partial charge in [0.1, 0.15) is 0 Å². The molecule has 1 aliphatic rings. The highest BCUT2D eigenvalue weighted by molar-refractivity contribution is 6.32. The molecule has 0 fully saturated rings. The summed E-state index contributed by atoms with van der Waals surface area (Å²) in [5.41, 5.74) is 8.24. The molecule has 3 N–H and O–H groups in total. The monoisotopic (exact) mass is 494 g/mol. The summed E-state index contributed by atoms with van der Waals surface area (Å²) < 4.78 is 0. The zero-order valence-electron chi connectivity index (χ0n) is 20.2. The molecule has 0 saturated carbocycles. The number of benzene rings is 2. The van der Waals surface area contributed by atoms with Crippen molar-refractivity contribution in [3.05, 3.63) is 77.3 Å². The molecule has 3 atom stereocenters. The topological polar surface area (TPSA) is 105 Å². The third-order valence-electron chi connectivity index (χ3n) is 6.06. The zero-order chi connectivity index (χ0) is 25.7. The average molecular weight is 495 g/mol. The smallest absolute Gasteiger partial charge is 0.272 e. The molecule has 8 heteroatoms. The molecule has 2 aromatic carbocycles. The molecule has 1 aliphatic heterocycles. The van der Waals surface area contributed by atoms with Gasteiger partial charge in [-0.3, -0.25) is 14.4 Å². The summed E-state index contributed by atoms with van der Waals surface area (Å²) in [6.45, 7) is 7.62. The summed E-state index contributed by atoms with van der Waals surface area (Å²) in [6.07, 6.45) is 1.07. The first-order valence-corrected chi connectivity index (χ1v) is 11.9. The maximum atomic E-state index is 13.5. The first-order chi connectivity index (χ1) is 16.6. The van der Waals surface area contributed by atoms with Gasteiger partial charge in [-0.25, -0.2) is 4.99 Å². The van der Waals surface area contributed by atoms with E-state index in [1.165, 1.54) is 4.90 Å². The fourth-order valence-corrected chi connectivity index (χ4v) is 4.50. The second kappa shape index (κ2) is 11.3. The van der Waals surface area contributed by atoms with Crippen molar-refractivity contribution in [1.82, 2.24) is 5.32 Å². The summed E-state index contributed by atoms with van der Waals surface area (Å²) in [4.78, 5) is 45.3. The van der Waals surface area contributed by atoms with Crippen LogP contribution >= 0.6 is 11.6 Å². The van der Waals surface area contributed by atoms with E-state index in [1.807, 2.05) is 44.2 Å². The van der Waals surface area contributed by atoms with Gasteiger partial charge in [-0.1, -0.05) is 61.9 Å². The summed E-state index contributed by atoms with van der Waals surface area (Å²) in [5, 5.41) is 3.30. The molecule has 1 unspecified atom stereocenters. The Bertz CT molecular complexity index is 1150. The number of fused-ring (bicyclic) bond motifs is 1. The number of carbonyl (C=O) groups excluding carboxylic acids is 3. The van der Waals surface area contributed by atoms with Crippen LogP contribution in [0, 0.1) is 17.8 Å². The van der Waals surface area contributed by atoms with Gasteiger partial charge >= 0.3 is 0 Å². The van der Waals surface area contributed by atoms with E-state index in [1.54, 1.807) is 31.3 Å². The van der Waals surface area contributed by atoms with Crippen LogP contribution in [-0.2, 0) is 14.4 Å². The zero-order valence-corrected chi connectivity index (χ0v) is 21.0. The van der Waals surface area contributed by atoms with Crippen molar-refractivity contribution in [2.24, 2.45) is 28.5 Å². The van der Waals surface area contributed by atoms with E-state index in [4.69, 9.17) is 22.3 Å². The number of anilines is 1. The number of allylic oxidation sites excluding steroid dienone is 1. The van der Waals surface area contributed by atoms with Gasteiger partial charge in [0.25, 0.3) is 5.91 Å². The van der Waals surface area contributed by atoms with Gasteiger partial charge in [0, 0.05) is 23.2 Å². The molecule has 7 nitrogen and oxygen atoms in total. The normalized spacial score (nSPS) is 17.2. The lowest BCUT2D eigenvalue weighted by Crippen LogP contribution is -2.50. The molecule has 2 aromatic rings. The maximum Gasteiger partial charge on any atom is 0.272 e. The number of nitrogens with two attached hydrogens (primary N) is 1. The number of benzodiazepines with no additional fused rings is 1. The molecule has 1 heterocycles. The van der Waals surface area contributed by atoms with Crippen molar-refractivity contribution in [1.29, 1.82) is 0 Å². The van der Waals surface area contributed by atoms with E-state index in [-0.39, 0.29) is 12.3 Å². The van der Waals surface area contributed by atoms with Crippen molar-refractivity contribution >= 4 is 40.7 Å². The van der Waals surface area contributed by atoms with Crippen LogP contribution in [0.4, 0.5) is 5.69 Å². The summed E-state index contributed by atoms with van der Waals surface area (Å²) in [6, 6.07) is 14.6. The predicted molar refractivity (Wildman–Crippen MR) is 139 cm³/mol. The second-order valence-corrected chi connectivity index (χ2v) is 9.52. The molecular formula is C27H31ClN4O3. The Morgan fingerprint density at radius 1 is 1.20 bits per heavy atom. The molecular weight excluding hydrogens is 464 g/mol. The van der Waals surface area contributed by atoms with Crippen LogP contribution in [0.1, 0.15) is 37.8 Å². The van der Waals surface area contributed by atoms with Crippen LogP contribution in [0.2, 0.25) is 5.02 Å². The lowest BCUT2D eigenvalue weighted by Gasteiger charge is -2.27. The minimum atomic E-state index is -1.19. The average Bonchev–Trinajstić information content (AvgIpc) is 2.91. The molecule has 0 saturated heterocycles. The molecule has 0 aliphatic carbocycles. The van der Waals surface area contributed by atoms with Crippen LogP contribution in [-0.4, -0.2) is 36.6 Å². The number of nitrogens with zero attached hydrogens (tertiary/aromatic N) is 2. The molecule has 3 amide bonds. The highest BCUT2D eigenvalue weighted by Crippen LogP contribution is 2.30. The number of rotatable bonds is 9. The second-order valence-electron chi connectivity index (χ2n) is 9.08. The van der Waals surface area contributed by atoms with Gasteiger partial charge in [-0.05, 0) is 37.0 Å². The van der Waals surface area contributed by atoms with E-state index in [9.17, 15) is 14.4 Å². The van der Waals surface area contributed by atoms with Gasteiger partial charge in [-0.2, -0.15) is 0 Å². The number of primary amides is 1. The van der Waals surface area contributed by atoms with E-state index in [0.717, 1.165) is 5.56 Å². The Labute approximate surface area is 211 Å². The standard InChI is InChI=1S/C27H31ClN4O3/c1-5-9-19(24(29)33)20(14-16(2)3)26(34)31-25-27(35)32(4)22-13-12-18(28)15-21(22)23(30-25)17-10-7-6-8-11-17/h5-8,10-13,15-16,19-20,25H,1,9,14H2,2-4H3,(H2,29,33)(H,31,34)/t19-,20+,25?/m0/s1. The Hall–Kier alpha value is -3.45. The third kappa shape index (κ3) is 5.98. The number of nitrogens with one attached hydrogen (secondary N) is 1. The highest BCUT2D eigenvalue weighted by Gasteiger charge is 2.36. The van der Waals surface area contributed by atoms with E-state index in [2.05, 4.69) is 11.9 Å². The number of hydrogen-bond acceptors (Lipinski definition) is 4. The van der Waals surface area contributed by atoms with Crippen molar-refractivity contribution < 1.29 is 14.4 Å². The Morgan fingerprint density at radius 3 is 2.49 bits per heavy atom. The molecule has 3 rings (SSSR count). The van der Waals surface area contributed by atoms with Crippen LogP contribution in [0.25, 0.3) is 0 Å². The van der Waals surface area contributed by atoms with Crippen molar-refractivity contribution in [2.45, 2.75) is 32.9 Å². The van der Waals surface area contributed by atoms with Gasteiger partial charge in [0.2, 0.25) is 18.0 Å². The Kier molecular flexibility index (Phi) is 8.46.